The number of rotatable bonds is 3. The van der Waals surface area contributed by atoms with Crippen LogP contribution in [0.1, 0.15) is 18.5 Å². The van der Waals surface area contributed by atoms with Crippen molar-refractivity contribution >= 4 is 17.8 Å². The third kappa shape index (κ3) is 9.01. The van der Waals surface area contributed by atoms with Crippen molar-refractivity contribution in [3.8, 4) is 0 Å². The molecule has 16 heteroatoms. The van der Waals surface area contributed by atoms with Gasteiger partial charge in [-0.1, -0.05) is 12.1 Å². The molecule has 4 rings (SSSR count). The highest BCUT2D eigenvalue weighted by atomic mass is 19.4. The van der Waals surface area contributed by atoms with Gasteiger partial charge in [0, 0.05) is 51.5 Å². The number of likely N-dealkylation sites (tertiary alicyclic amines) is 1. The zero-order chi connectivity index (χ0) is 29.5. The minimum Gasteiger partial charge on any atom is -0.475 e. The average Bonchev–Trinajstić information content (AvgIpc) is 3.28. The van der Waals surface area contributed by atoms with Crippen LogP contribution in [0.15, 0.2) is 48.8 Å². The summed E-state index contributed by atoms with van der Waals surface area (Å²) in [7, 11) is 0. The van der Waals surface area contributed by atoms with E-state index in [-0.39, 0.29) is 6.42 Å². The maximum Gasteiger partial charge on any atom is 0.490 e. The fourth-order valence-electron chi connectivity index (χ4n) is 4.08. The lowest BCUT2D eigenvalue weighted by Crippen LogP contribution is -2.56. The molecule has 1 spiro atoms. The first-order valence-corrected chi connectivity index (χ1v) is 11.2. The van der Waals surface area contributed by atoms with E-state index < -0.39 is 35.6 Å². The largest absolute Gasteiger partial charge is 0.490 e. The van der Waals surface area contributed by atoms with E-state index in [2.05, 4.69) is 14.9 Å². The van der Waals surface area contributed by atoms with Gasteiger partial charge in [0.2, 0.25) is 0 Å². The van der Waals surface area contributed by atoms with E-state index in [0.717, 1.165) is 11.5 Å². The number of halogens is 8. The smallest absolute Gasteiger partial charge is 0.475 e. The second-order valence-corrected chi connectivity index (χ2v) is 8.73. The third-order valence-electron chi connectivity index (χ3n) is 5.97. The average molecular weight is 572 g/mol. The third-order valence-corrected chi connectivity index (χ3v) is 5.97. The van der Waals surface area contributed by atoms with Gasteiger partial charge in [-0.3, -0.25) is 9.88 Å². The Morgan fingerprint density at radius 3 is 1.82 bits per heavy atom. The van der Waals surface area contributed by atoms with Crippen LogP contribution < -0.4 is 4.90 Å². The molecule has 4 heterocycles. The van der Waals surface area contributed by atoms with Crippen LogP contribution in [0.25, 0.3) is 0 Å². The topological polar surface area (TPSA) is 107 Å². The van der Waals surface area contributed by atoms with Crippen LogP contribution in [0.5, 0.6) is 0 Å². The summed E-state index contributed by atoms with van der Waals surface area (Å²) in [6.07, 6.45) is -6.29. The molecule has 216 valence electrons. The first-order chi connectivity index (χ1) is 18.0. The van der Waals surface area contributed by atoms with Crippen molar-refractivity contribution in [3.05, 3.63) is 54.5 Å². The predicted octanol–water partition coefficient (Wildman–Crippen LogP) is 4.48. The predicted molar refractivity (Wildman–Crippen MR) is 120 cm³/mol. The minimum absolute atomic E-state index is 0.0874. The SMILES string of the molecule is FC1(F)CCN(Cc2ccccn2)CC12CCN(c1ccccn1)C2.O=C(O)C(F)(F)F.O=C(O)C(F)(F)F. The Morgan fingerprint density at radius 2 is 1.36 bits per heavy atom. The summed E-state index contributed by atoms with van der Waals surface area (Å²) in [5.74, 6) is -7.37. The summed E-state index contributed by atoms with van der Waals surface area (Å²) in [6.45, 7) is 2.43. The van der Waals surface area contributed by atoms with Gasteiger partial charge in [-0.2, -0.15) is 26.3 Å². The molecular weight excluding hydrogens is 548 g/mol. The van der Waals surface area contributed by atoms with Gasteiger partial charge in [0.05, 0.1) is 11.1 Å². The maximum absolute atomic E-state index is 14.9. The Labute approximate surface area is 216 Å². The van der Waals surface area contributed by atoms with Gasteiger partial charge >= 0.3 is 24.3 Å². The number of pyridine rings is 2. The molecule has 1 atom stereocenters. The molecule has 2 fully saturated rings. The Morgan fingerprint density at radius 1 is 0.821 bits per heavy atom. The van der Waals surface area contributed by atoms with E-state index in [1.165, 1.54) is 0 Å². The molecule has 1 unspecified atom stereocenters. The van der Waals surface area contributed by atoms with E-state index in [4.69, 9.17) is 19.8 Å². The molecule has 2 saturated heterocycles. The second kappa shape index (κ2) is 12.5. The molecule has 2 aliphatic rings. The minimum atomic E-state index is -5.08. The van der Waals surface area contributed by atoms with Crippen molar-refractivity contribution < 1.29 is 54.9 Å². The second-order valence-electron chi connectivity index (χ2n) is 8.73. The molecule has 0 aliphatic carbocycles. The van der Waals surface area contributed by atoms with E-state index in [9.17, 15) is 35.1 Å². The highest BCUT2D eigenvalue weighted by molar-refractivity contribution is 5.73. The molecule has 0 radical (unpaired) electrons. The van der Waals surface area contributed by atoms with E-state index in [1.54, 1.807) is 12.4 Å². The van der Waals surface area contributed by atoms with Gasteiger partial charge < -0.3 is 15.1 Å². The molecule has 39 heavy (non-hydrogen) atoms. The maximum atomic E-state index is 14.9. The quantitative estimate of drug-likeness (QED) is 0.519. The summed E-state index contributed by atoms with van der Waals surface area (Å²) in [6, 6.07) is 11.4. The number of aromatic nitrogens is 2. The number of carboxylic acids is 2. The Balaban J connectivity index is 0.000000317. The fourth-order valence-corrected chi connectivity index (χ4v) is 4.08. The Hall–Kier alpha value is -3.56. The Bertz CT molecular complexity index is 1060. The number of alkyl halides is 8. The first-order valence-electron chi connectivity index (χ1n) is 11.2. The van der Waals surface area contributed by atoms with Gasteiger partial charge in [0.1, 0.15) is 5.82 Å². The molecule has 0 bridgehead atoms. The highest BCUT2D eigenvalue weighted by Gasteiger charge is 2.59. The number of anilines is 1. The van der Waals surface area contributed by atoms with Gasteiger partial charge in [0.25, 0.3) is 5.92 Å². The van der Waals surface area contributed by atoms with Crippen LogP contribution in [-0.2, 0) is 16.1 Å². The van der Waals surface area contributed by atoms with Crippen LogP contribution in [0.3, 0.4) is 0 Å². The van der Waals surface area contributed by atoms with Crippen molar-refractivity contribution in [2.75, 3.05) is 31.1 Å². The normalized spacial score (nSPS) is 20.9. The molecule has 2 aliphatic heterocycles. The standard InChI is InChI=1S/C19H22F2N4.2C2HF3O2/c20-19(21)8-11-24(13-16-5-1-3-9-22-16)14-18(19)7-12-25(15-18)17-6-2-4-10-23-17;2*3-2(4,5)1(6)7/h1-6,9-10H,7-8,11-15H2;2*(H,6,7). The lowest BCUT2D eigenvalue weighted by Gasteiger charge is -2.45. The summed E-state index contributed by atoms with van der Waals surface area (Å²) >= 11 is 0. The number of aliphatic carboxylic acids is 2. The molecule has 0 saturated carbocycles. The van der Waals surface area contributed by atoms with Crippen LogP contribution in [-0.4, -0.2) is 81.5 Å². The highest BCUT2D eigenvalue weighted by Crippen LogP contribution is 2.50. The summed E-state index contributed by atoms with van der Waals surface area (Å²) < 4.78 is 93.2. The van der Waals surface area contributed by atoms with Crippen LogP contribution in [0, 0.1) is 5.41 Å². The van der Waals surface area contributed by atoms with Gasteiger partial charge in [-0.25, -0.2) is 23.4 Å². The van der Waals surface area contributed by atoms with Gasteiger partial charge in [-0.15, -0.1) is 0 Å². The fraction of sp³-hybridized carbons (Fsp3) is 0.478. The number of hydrogen-bond acceptors (Lipinski definition) is 6. The van der Waals surface area contributed by atoms with Crippen LogP contribution in [0.4, 0.5) is 40.9 Å². The van der Waals surface area contributed by atoms with Crippen molar-refractivity contribution in [3.63, 3.8) is 0 Å². The number of piperidine rings is 1. The Kier molecular flexibility index (Phi) is 10.2. The monoisotopic (exact) mass is 572 g/mol. The van der Waals surface area contributed by atoms with Crippen molar-refractivity contribution in [1.82, 2.24) is 14.9 Å². The molecule has 2 aromatic rings. The first kappa shape index (κ1) is 31.7. The molecule has 0 aromatic carbocycles. The van der Waals surface area contributed by atoms with Crippen molar-refractivity contribution in [1.29, 1.82) is 0 Å². The zero-order valence-corrected chi connectivity index (χ0v) is 20.1. The van der Waals surface area contributed by atoms with Crippen molar-refractivity contribution in [2.24, 2.45) is 5.41 Å². The summed E-state index contributed by atoms with van der Waals surface area (Å²) in [5, 5.41) is 14.2. The summed E-state index contributed by atoms with van der Waals surface area (Å²) in [4.78, 5) is 30.6. The van der Waals surface area contributed by atoms with E-state index in [0.29, 0.717) is 39.1 Å². The number of carboxylic acid groups (broad SMARTS) is 2. The van der Waals surface area contributed by atoms with Crippen LogP contribution >= 0.6 is 0 Å². The molecule has 8 nitrogen and oxygen atoms in total. The lowest BCUT2D eigenvalue weighted by atomic mass is 9.75. The summed E-state index contributed by atoms with van der Waals surface area (Å²) in [5.41, 5.74) is -0.0696. The van der Waals surface area contributed by atoms with Gasteiger partial charge in [-0.05, 0) is 30.7 Å². The molecular formula is C23H24F8N4O4. The number of nitrogens with zero attached hydrogens (tertiary/aromatic N) is 4. The van der Waals surface area contributed by atoms with Crippen molar-refractivity contribution in [2.45, 2.75) is 37.7 Å². The number of hydrogen-bond donors (Lipinski definition) is 2. The van der Waals surface area contributed by atoms with E-state index >= 15 is 0 Å². The number of carbonyl (C=O) groups is 2. The van der Waals surface area contributed by atoms with E-state index in [1.807, 2.05) is 41.3 Å². The molecule has 2 aromatic heterocycles. The lowest BCUT2D eigenvalue weighted by molar-refractivity contribution is -0.193. The molecule has 0 amide bonds. The van der Waals surface area contributed by atoms with Crippen LogP contribution in [0.2, 0.25) is 0 Å². The molecule has 2 N–H and O–H groups in total. The van der Waals surface area contributed by atoms with Gasteiger partial charge in [0.15, 0.2) is 0 Å². The zero-order valence-electron chi connectivity index (χ0n) is 20.1.